The molecular weight excluding hydrogens is 384 g/mol. The molecule has 0 saturated carbocycles. The summed E-state index contributed by atoms with van der Waals surface area (Å²) in [5.74, 6) is -1.63. The lowest BCUT2D eigenvalue weighted by atomic mass is 9.92. The maximum Gasteiger partial charge on any atom is 0.407 e. The lowest BCUT2D eigenvalue weighted by molar-refractivity contribution is -0.142. The Hall–Kier alpha value is -3.35. The van der Waals surface area contributed by atoms with E-state index < -0.39 is 29.4 Å². The summed E-state index contributed by atoms with van der Waals surface area (Å²) in [6.07, 6.45) is -0.621. The van der Waals surface area contributed by atoms with Crippen LogP contribution >= 0.6 is 0 Å². The number of aliphatic carboxylic acids is 1. The fourth-order valence-electron chi connectivity index (χ4n) is 3.48. The number of carboxylic acid groups (broad SMARTS) is 1. The van der Waals surface area contributed by atoms with Crippen molar-refractivity contribution in [3.63, 3.8) is 0 Å². The highest BCUT2D eigenvalue weighted by Crippen LogP contribution is 2.44. The minimum absolute atomic E-state index is 0.0157. The topological polar surface area (TPSA) is 105 Å². The van der Waals surface area contributed by atoms with Gasteiger partial charge in [-0.3, -0.25) is 9.59 Å². The van der Waals surface area contributed by atoms with Gasteiger partial charge in [0, 0.05) is 12.5 Å². The number of carbonyl (C=O) groups is 3. The van der Waals surface area contributed by atoms with Gasteiger partial charge < -0.3 is 20.5 Å². The molecule has 7 heteroatoms. The van der Waals surface area contributed by atoms with Crippen LogP contribution in [0.25, 0.3) is 11.1 Å². The second-order valence-corrected chi connectivity index (χ2v) is 8.10. The summed E-state index contributed by atoms with van der Waals surface area (Å²) in [7, 11) is 0. The number of nitrogens with one attached hydrogen (secondary N) is 2. The summed E-state index contributed by atoms with van der Waals surface area (Å²) in [6.45, 7) is 4.83. The van der Waals surface area contributed by atoms with E-state index in [-0.39, 0.29) is 19.1 Å². The highest BCUT2D eigenvalue weighted by molar-refractivity contribution is 5.87. The van der Waals surface area contributed by atoms with Gasteiger partial charge in [-0.1, -0.05) is 48.5 Å². The van der Waals surface area contributed by atoms with E-state index in [1.165, 1.54) is 6.92 Å². The predicted molar refractivity (Wildman–Crippen MR) is 112 cm³/mol. The number of amides is 2. The maximum absolute atomic E-state index is 12.3. The van der Waals surface area contributed by atoms with Crippen molar-refractivity contribution in [2.45, 2.75) is 32.7 Å². The van der Waals surface area contributed by atoms with E-state index in [2.05, 4.69) is 22.8 Å². The first-order chi connectivity index (χ1) is 14.2. The highest BCUT2D eigenvalue weighted by atomic mass is 16.5. The third-order valence-corrected chi connectivity index (χ3v) is 5.35. The third-order valence-electron chi connectivity index (χ3n) is 5.35. The monoisotopic (exact) mass is 410 g/mol. The molecule has 2 aromatic carbocycles. The van der Waals surface area contributed by atoms with Crippen LogP contribution in [0.15, 0.2) is 48.5 Å². The Balaban J connectivity index is 1.58. The molecule has 3 rings (SSSR count). The Morgan fingerprint density at radius 2 is 1.57 bits per heavy atom. The van der Waals surface area contributed by atoms with Gasteiger partial charge in [0.2, 0.25) is 5.91 Å². The molecule has 0 radical (unpaired) electrons. The maximum atomic E-state index is 12.3. The van der Waals surface area contributed by atoms with Gasteiger partial charge in [-0.25, -0.2) is 4.79 Å². The molecule has 1 aliphatic rings. The van der Waals surface area contributed by atoms with E-state index in [1.54, 1.807) is 13.8 Å². The van der Waals surface area contributed by atoms with Crippen molar-refractivity contribution in [1.82, 2.24) is 10.6 Å². The van der Waals surface area contributed by atoms with Crippen molar-refractivity contribution in [3.8, 4) is 11.1 Å². The Morgan fingerprint density at radius 1 is 1.03 bits per heavy atom. The zero-order valence-corrected chi connectivity index (χ0v) is 17.3. The van der Waals surface area contributed by atoms with Crippen LogP contribution in [0.2, 0.25) is 0 Å². The van der Waals surface area contributed by atoms with Crippen LogP contribution in [0.1, 0.15) is 37.8 Å². The molecule has 0 heterocycles. The van der Waals surface area contributed by atoms with Gasteiger partial charge in [-0.2, -0.15) is 0 Å². The molecule has 1 atom stereocenters. The van der Waals surface area contributed by atoms with Gasteiger partial charge in [0.05, 0.1) is 5.41 Å². The van der Waals surface area contributed by atoms with Crippen molar-refractivity contribution in [3.05, 3.63) is 59.7 Å². The van der Waals surface area contributed by atoms with E-state index in [9.17, 15) is 14.4 Å². The number of ether oxygens (including phenoxy) is 1. The summed E-state index contributed by atoms with van der Waals surface area (Å²) in [6, 6.07) is 15.1. The summed E-state index contributed by atoms with van der Waals surface area (Å²) >= 11 is 0. The normalized spacial score (nSPS) is 13.7. The molecule has 0 aromatic heterocycles. The average Bonchev–Trinajstić information content (AvgIpc) is 3.04. The van der Waals surface area contributed by atoms with Gasteiger partial charge in [-0.15, -0.1) is 0 Å². The predicted octanol–water partition coefficient (Wildman–Crippen LogP) is 3.14. The summed E-state index contributed by atoms with van der Waals surface area (Å²) < 4.78 is 5.46. The third kappa shape index (κ3) is 4.45. The number of carboxylic acids is 1. The van der Waals surface area contributed by atoms with E-state index in [0.717, 1.165) is 22.3 Å². The Morgan fingerprint density at radius 3 is 2.10 bits per heavy atom. The van der Waals surface area contributed by atoms with E-state index >= 15 is 0 Å². The van der Waals surface area contributed by atoms with Gasteiger partial charge in [0.25, 0.3) is 0 Å². The lowest BCUT2D eigenvalue weighted by Crippen LogP contribution is -2.49. The number of hydrogen-bond acceptors (Lipinski definition) is 4. The van der Waals surface area contributed by atoms with Crippen LogP contribution in [-0.2, 0) is 14.3 Å². The molecular formula is C23H26N2O5. The Kier molecular flexibility index (Phi) is 6.10. The van der Waals surface area contributed by atoms with Crippen LogP contribution in [0.5, 0.6) is 0 Å². The molecule has 0 saturated heterocycles. The zero-order chi connectivity index (χ0) is 21.9. The number of alkyl carbamates (subject to hydrolysis) is 1. The number of rotatable bonds is 7. The lowest BCUT2D eigenvalue weighted by Gasteiger charge is -2.25. The highest BCUT2D eigenvalue weighted by Gasteiger charge is 2.32. The molecule has 2 amide bonds. The Bertz CT molecular complexity index is 924. The second-order valence-electron chi connectivity index (χ2n) is 8.10. The largest absolute Gasteiger partial charge is 0.480 e. The summed E-state index contributed by atoms with van der Waals surface area (Å²) in [4.78, 5) is 35.4. The average molecular weight is 410 g/mol. The molecule has 30 heavy (non-hydrogen) atoms. The van der Waals surface area contributed by atoms with E-state index in [0.29, 0.717) is 0 Å². The molecule has 0 spiro atoms. The standard InChI is InChI=1S/C23H26N2O5/c1-14(20(26)27)25-21(28)23(2,3)13-24-22(29)30-12-19-17-10-6-4-8-15(17)16-9-5-7-11-18(16)19/h4-11,14,19H,12-13H2,1-3H3,(H,24,29)(H,25,28)(H,26,27). The number of benzene rings is 2. The van der Waals surface area contributed by atoms with Crippen molar-refractivity contribution in [1.29, 1.82) is 0 Å². The summed E-state index contributed by atoms with van der Waals surface area (Å²) in [5.41, 5.74) is 3.54. The van der Waals surface area contributed by atoms with E-state index in [1.807, 2.05) is 36.4 Å². The molecule has 1 unspecified atom stereocenters. The number of hydrogen-bond donors (Lipinski definition) is 3. The second kappa shape index (κ2) is 8.57. The van der Waals surface area contributed by atoms with Crippen molar-refractivity contribution >= 4 is 18.0 Å². The fourth-order valence-corrected chi connectivity index (χ4v) is 3.48. The Labute approximate surface area is 175 Å². The van der Waals surface area contributed by atoms with E-state index in [4.69, 9.17) is 9.84 Å². The van der Waals surface area contributed by atoms with Crippen LogP contribution in [-0.4, -0.2) is 42.3 Å². The summed E-state index contributed by atoms with van der Waals surface area (Å²) in [5, 5.41) is 13.9. The zero-order valence-electron chi connectivity index (χ0n) is 17.3. The quantitative estimate of drug-likeness (QED) is 0.650. The minimum Gasteiger partial charge on any atom is -0.480 e. The van der Waals surface area contributed by atoms with Crippen molar-refractivity contribution in [2.24, 2.45) is 5.41 Å². The van der Waals surface area contributed by atoms with Gasteiger partial charge in [0.15, 0.2) is 0 Å². The molecule has 3 N–H and O–H groups in total. The molecule has 2 aromatic rings. The first-order valence-corrected chi connectivity index (χ1v) is 9.83. The molecule has 7 nitrogen and oxygen atoms in total. The van der Waals surface area contributed by atoms with Crippen LogP contribution in [0.3, 0.4) is 0 Å². The van der Waals surface area contributed by atoms with Gasteiger partial charge in [-0.05, 0) is 43.0 Å². The number of fused-ring (bicyclic) bond motifs is 3. The fraction of sp³-hybridized carbons (Fsp3) is 0.348. The molecule has 158 valence electrons. The molecule has 0 bridgehead atoms. The van der Waals surface area contributed by atoms with Crippen LogP contribution in [0, 0.1) is 5.41 Å². The number of carbonyl (C=O) groups excluding carboxylic acids is 2. The van der Waals surface area contributed by atoms with Crippen LogP contribution < -0.4 is 10.6 Å². The first kappa shape index (κ1) is 21.4. The van der Waals surface area contributed by atoms with Crippen LogP contribution in [0.4, 0.5) is 4.79 Å². The molecule has 0 aliphatic heterocycles. The molecule has 1 aliphatic carbocycles. The van der Waals surface area contributed by atoms with Gasteiger partial charge in [0.1, 0.15) is 12.6 Å². The minimum atomic E-state index is -1.12. The smallest absolute Gasteiger partial charge is 0.407 e. The van der Waals surface area contributed by atoms with Crippen molar-refractivity contribution in [2.75, 3.05) is 13.2 Å². The van der Waals surface area contributed by atoms with Gasteiger partial charge >= 0.3 is 12.1 Å². The van der Waals surface area contributed by atoms with Crippen molar-refractivity contribution < 1.29 is 24.2 Å². The first-order valence-electron chi connectivity index (χ1n) is 9.83. The SMILES string of the molecule is CC(NC(=O)C(C)(C)CNC(=O)OCC1c2ccccc2-c2ccccc21)C(=O)O. The molecule has 0 fully saturated rings.